The van der Waals surface area contributed by atoms with Gasteiger partial charge < -0.3 is 5.73 Å². The van der Waals surface area contributed by atoms with E-state index in [1.54, 1.807) is 0 Å². The molecule has 3 N–H and O–H groups in total. The number of hydrogen-bond acceptors (Lipinski definition) is 4. The fourth-order valence-corrected chi connectivity index (χ4v) is 1.97. The Morgan fingerprint density at radius 1 is 1.64 bits per heavy atom. The minimum absolute atomic E-state index is 0.0145. The molecule has 1 unspecified atom stereocenters. The van der Waals surface area contributed by atoms with Crippen LogP contribution in [0.5, 0.6) is 0 Å². The lowest BCUT2D eigenvalue weighted by molar-refractivity contribution is 0.465. The van der Waals surface area contributed by atoms with Crippen LogP contribution < -0.4 is 5.73 Å². The van der Waals surface area contributed by atoms with E-state index in [2.05, 4.69) is 0 Å². The highest BCUT2D eigenvalue weighted by Gasteiger charge is 2.19. The van der Waals surface area contributed by atoms with Gasteiger partial charge in [-0.15, -0.1) is 0 Å². The largest absolute Gasteiger partial charge is 0.329 e. The summed E-state index contributed by atoms with van der Waals surface area (Å²) in [4.78, 5) is 0. The summed E-state index contributed by atoms with van der Waals surface area (Å²) in [5.74, 6) is 0.696. The van der Waals surface area contributed by atoms with Crippen LogP contribution in [0.4, 0.5) is 0 Å². The first kappa shape index (κ1) is 11.2. The third-order valence-corrected chi connectivity index (χ3v) is 3.24. The first-order chi connectivity index (χ1) is 5.02. The Balaban J connectivity index is 3.97. The normalized spacial score (nSPS) is 14.8. The fraction of sp³-hybridized carbons (Fsp3) is 1.00. The van der Waals surface area contributed by atoms with Crippen LogP contribution in [-0.2, 0) is 10.1 Å². The van der Waals surface area contributed by atoms with Crippen LogP contribution in [-0.4, -0.2) is 36.8 Å². The minimum Gasteiger partial charge on any atom is -0.329 e. The van der Waals surface area contributed by atoms with Gasteiger partial charge in [0.05, 0.1) is 5.25 Å². The van der Waals surface area contributed by atoms with Gasteiger partial charge in [0.1, 0.15) is 0 Å². The number of nitrogens with two attached hydrogens (primary N) is 1. The molecule has 0 amide bonds. The van der Waals surface area contributed by atoms with Gasteiger partial charge in [-0.3, -0.25) is 4.55 Å². The number of hydrogen-bond donors (Lipinski definition) is 2. The second kappa shape index (κ2) is 4.97. The maximum atomic E-state index is 10.5. The first-order valence-corrected chi connectivity index (χ1v) is 6.07. The molecule has 0 rings (SSSR count). The SMILES string of the molecule is CSCCC(CN)S(=O)(=O)O. The van der Waals surface area contributed by atoms with E-state index in [1.807, 2.05) is 6.26 Å². The summed E-state index contributed by atoms with van der Waals surface area (Å²) in [5.41, 5.74) is 5.15. The Hall–Kier alpha value is 0.220. The van der Waals surface area contributed by atoms with Gasteiger partial charge in [0.15, 0.2) is 0 Å². The molecule has 0 aromatic carbocycles. The van der Waals surface area contributed by atoms with Gasteiger partial charge in [-0.2, -0.15) is 20.2 Å². The maximum absolute atomic E-state index is 10.5. The van der Waals surface area contributed by atoms with E-state index < -0.39 is 15.4 Å². The second-order valence-corrected chi connectivity index (χ2v) is 4.84. The molecule has 1 atom stereocenters. The van der Waals surface area contributed by atoms with Gasteiger partial charge in [0.25, 0.3) is 10.1 Å². The van der Waals surface area contributed by atoms with Gasteiger partial charge in [0.2, 0.25) is 0 Å². The molecule has 0 radical (unpaired) electrons. The van der Waals surface area contributed by atoms with Crippen LogP contribution in [0.1, 0.15) is 6.42 Å². The van der Waals surface area contributed by atoms with Crippen molar-refractivity contribution in [2.75, 3.05) is 18.6 Å². The van der Waals surface area contributed by atoms with E-state index in [0.29, 0.717) is 12.2 Å². The van der Waals surface area contributed by atoms with Crippen LogP contribution in [0.15, 0.2) is 0 Å². The molecule has 0 aliphatic carbocycles. The van der Waals surface area contributed by atoms with Crippen molar-refractivity contribution in [2.45, 2.75) is 11.7 Å². The van der Waals surface area contributed by atoms with E-state index in [-0.39, 0.29) is 6.54 Å². The van der Waals surface area contributed by atoms with E-state index >= 15 is 0 Å². The molecule has 4 nitrogen and oxygen atoms in total. The maximum Gasteiger partial charge on any atom is 0.269 e. The Morgan fingerprint density at radius 3 is 2.45 bits per heavy atom. The molecule has 0 fully saturated rings. The Labute approximate surface area is 71.3 Å². The highest BCUT2D eigenvalue weighted by atomic mass is 32.2. The molecule has 0 bridgehead atoms. The lowest BCUT2D eigenvalue weighted by Crippen LogP contribution is -2.29. The van der Waals surface area contributed by atoms with Gasteiger partial charge in [-0.25, -0.2) is 0 Å². The Kier molecular flexibility index (Phi) is 5.07. The first-order valence-electron chi connectivity index (χ1n) is 3.17. The van der Waals surface area contributed by atoms with Crippen LogP contribution in [0.2, 0.25) is 0 Å². The molecule has 0 aromatic heterocycles. The van der Waals surface area contributed by atoms with E-state index in [4.69, 9.17) is 10.3 Å². The fourth-order valence-electron chi connectivity index (χ4n) is 0.638. The molecule has 0 aliphatic rings. The van der Waals surface area contributed by atoms with Crippen molar-refractivity contribution in [1.29, 1.82) is 0 Å². The highest BCUT2D eigenvalue weighted by molar-refractivity contribution is 7.98. The van der Waals surface area contributed by atoms with Crippen molar-refractivity contribution in [1.82, 2.24) is 0 Å². The molecule has 0 saturated heterocycles. The average Bonchev–Trinajstić information content (AvgIpc) is 1.87. The predicted octanol–water partition coefficient (Wildman–Crippen LogP) is -0.0454. The molecule has 68 valence electrons. The summed E-state index contributed by atoms with van der Waals surface area (Å²) in [5, 5.41) is -0.796. The van der Waals surface area contributed by atoms with E-state index in [9.17, 15) is 8.42 Å². The zero-order valence-corrected chi connectivity index (χ0v) is 7.99. The van der Waals surface area contributed by atoms with Gasteiger partial charge in [0, 0.05) is 6.54 Å². The molecule has 0 aromatic rings. The molecule has 0 spiro atoms. The lowest BCUT2D eigenvalue weighted by atomic mass is 10.3. The van der Waals surface area contributed by atoms with Crippen molar-refractivity contribution >= 4 is 21.9 Å². The summed E-state index contributed by atoms with van der Waals surface area (Å²) >= 11 is 1.53. The van der Waals surface area contributed by atoms with Crippen LogP contribution in [0, 0.1) is 0 Å². The van der Waals surface area contributed by atoms with Gasteiger partial charge in [-0.1, -0.05) is 0 Å². The summed E-state index contributed by atoms with van der Waals surface area (Å²) in [6, 6.07) is 0. The van der Waals surface area contributed by atoms with Crippen molar-refractivity contribution in [3.8, 4) is 0 Å². The standard InChI is InChI=1S/C5H13NO3S2/c1-10-3-2-5(4-6)11(7,8)9/h5H,2-4,6H2,1H3,(H,7,8,9). The topological polar surface area (TPSA) is 80.4 Å². The molecular weight excluding hydrogens is 186 g/mol. The molecule has 0 aliphatic heterocycles. The number of thioether (sulfide) groups is 1. The summed E-state index contributed by atoms with van der Waals surface area (Å²) in [6.07, 6.45) is 2.29. The van der Waals surface area contributed by atoms with Crippen molar-refractivity contribution < 1.29 is 13.0 Å². The molecular formula is C5H13NO3S2. The Morgan fingerprint density at radius 2 is 2.18 bits per heavy atom. The predicted molar refractivity (Wildman–Crippen MR) is 47.4 cm³/mol. The third kappa shape index (κ3) is 4.62. The average molecular weight is 199 g/mol. The summed E-state index contributed by atoms with van der Waals surface area (Å²) in [7, 11) is -3.93. The van der Waals surface area contributed by atoms with Crippen molar-refractivity contribution in [3.63, 3.8) is 0 Å². The smallest absolute Gasteiger partial charge is 0.269 e. The van der Waals surface area contributed by atoms with Crippen molar-refractivity contribution in [3.05, 3.63) is 0 Å². The molecule has 11 heavy (non-hydrogen) atoms. The highest BCUT2D eigenvalue weighted by Crippen LogP contribution is 2.06. The van der Waals surface area contributed by atoms with Crippen LogP contribution in [0.25, 0.3) is 0 Å². The van der Waals surface area contributed by atoms with E-state index in [1.165, 1.54) is 11.8 Å². The van der Waals surface area contributed by atoms with Gasteiger partial charge in [-0.05, 0) is 18.4 Å². The summed E-state index contributed by atoms with van der Waals surface area (Å²) in [6.45, 7) is -0.0145. The monoisotopic (exact) mass is 199 g/mol. The Bertz CT molecular complexity index is 190. The minimum atomic E-state index is -3.93. The molecule has 6 heteroatoms. The molecule has 0 saturated carbocycles. The van der Waals surface area contributed by atoms with E-state index in [0.717, 1.165) is 0 Å². The molecule has 0 heterocycles. The second-order valence-electron chi connectivity index (χ2n) is 2.15. The van der Waals surface area contributed by atoms with Gasteiger partial charge >= 0.3 is 0 Å². The number of rotatable bonds is 5. The summed E-state index contributed by atoms with van der Waals surface area (Å²) < 4.78 is 29.7. The van der Waals surface area contributed by atoms with Crippen molar-refractivity contribution in [2.24, 2.45) is 5.73 Å². The van der Waals surface area contributed by atoms with Crippen LogP contribution >= 0.6 is 11.8 Å². The quantitative estimate of drug-likeness (QED) is 0.607. The zero-order valence-electron chi connectivity index (χ0n) is 6.36. The zero-order chi connectivity index (χ0) is 8.91. The van der Waals surface area contributed by atoms with Crippen LogP contribution in [0.3, 0.4) is 0 Å². The third-order valence-electron chi connectivity index (χ3n) is 1.33. The lowest BCUT2D eigenvalue weighted by Gasteiger charge is -2.09.